The zero-order chi connectivity index (χ0) is 21.3. The van der Waals surface area contributed by atoms with Crippen molar-refractivity contribution in [3.05, 3.63) is 59.2 Å². The first kappa shape index (κ1) is 22.0. The van der Waals surface area contributed by atoms with Crippen LogP contribution >= 0.6 is 0 Å². The maximum absolute atomic E-state index is 13.1. The van der Waals surface area contributed by atoms with Crippen LogP contribution in [0.1, 0.15) is 83.8 Å². The van der Waals surface area contributed by atoms with Crippen LogP contribution in [0.2, 0.25) is 0 Å². The highest BCUT2D eigenvalue weighted by atomic mass is 16.5. The first-order valence-electron chi connectivity index (χ1n) is 9.82. The number of rotatable bonds is 4. The Morgan fingerprint density at radius 2 is 1.14 bits per heavy atom. The lowest BCUT2D eigenvalue weighted by molar-refractivity contribution is 0.103. The summed E-state index contributed by atoms with van der Waals surface area (Å²) in [4.78, 5) is 13.1. The molecule has 0 bridgehead atoms. The lowest BCUT2D eigenvalue weighted by atomic mass is 9.85. The molecule has 0 saturated heterocycles. The summed E-state index contributed by atoms with van der Waals surface area (Å²) in [6, 6.07) is 13.2. The van der Waals surface area contributed by atoms with E-state index in [1.165, 1.54) is 0 Å². The second-order valence-electron chi connectivity index (χ2n) is 10.3. The molecule has 0 unspecified atom stereocenters. The molecule has 0 atom stereocenters. The van der Waals surface area contributed by atoms with E-state index in [0.717, 1.165) is 17.1 Å². The van der Waals surface area contributed by atoms with Crippen molar-refractivity contribution in [2.24, 2.45) is 0 Å². The number of ketones is 1. The molecular weight excluding hydrogens is 348 g/mol. The van der Waals surface area contributed by atoms with Gasteiger partial charge in [0.2, 0.25) is 0 Å². The summed E-state index contributed by atoms with van der Waals surface area (Å²) in [6.45, 7) is 18.4. The average molecular weight is 383 g/mol. The molecule has 0 heterocycles. The molecule has 0 saturated carbocycles. The van der Waals surface area contributed by atoms with Crippen LogP contribution in [0.3, 0.4) is 0 Å². The average Bonchev–Trinajstić information content (AvgIpc) is 2.50. The summed E-state index contributed by atoms with van der Waals surface area (Å²) in [7, 11) is 0. The van der Waals surface area contributed by atoms with Gasteiger partial charge < -0.3 is 9.47 Å². The highest BCUT2D eigenvalue weighted by Gasteiger charge is 2.21. The molecule has 0 amide bonds. The molecule has 152 valence electrons. The van der Waals surface area contributed by atoms with Gasteiger partial charge in [-0.3, -0.25) is 4.79 Å². The standard InChI is InChI=1S/C25H34O3/c1-23(2,3)19-14-18(15-21(16-19)28-25(7,8)9)22(26)17-10-12-20(13-11-17)27-24(4,5)6/h10-16H,1-9H3. The van der Waals surface area contributed by atoms with Gasteiger partial charge in [-0.15, -0.1) is 0 Å². The summed E-state index contributed by atoms with van der Waals surface area (Å²) in [5.74, 6) is 1.45. The molecule has 0 aliphatic carbocycles. The molecule has 0 radical (unpaired) electrons. The van der Waals surface area contributed by atoms with Gasteiger partial charge >= 0.3 is 0 Å². The number of benzene rings is 2. The fourth-order valence-electron chi connectivity index (χ4n) is 2.77. The first-order chi connectivity index (χ1) is 12.6. The number of carbonyl (C=O) groups is 1. The van der Waals surface area contributed by atoms with Crippen molar-refractivity contribution in [2.75, 3.05) is 0 Å². The number of ether oxygens (including phenoxy) is 2. The normalized spacial score (nSPS) is 12.6. The van der Waals surface area contributed by atoms with Crippen molar-refractivity contribution >= 4 is 5.78 Å². The van der Waals surface area contributed by atoms with Gasteiger partial charge in [-0.2, -0.15) is 0 Å². The van der Waals surface area contributed by atoms with Crippen LogP contribution in [0.5, 0.6) is 11.5 Å². The highest BCUT2D eigenvalue weighted by molar-refractivity contribution is 6.09. The Balaban J connectivity index is 2.39. The van der Waals surface area contributed by atoms with E-state index in [4.69, 9.17) is 9.47 Å². The van der Waals surface area contributed by atoms with E-state index >= 15 is 0 Å². The molecule has 0 N–H and O–H groups in total. The van der Waals surface area contributed by atoms with Gasteiger partial charge in [-0.1, -0.05) is 20.8 Å². The Morgan fingerprint density at radius 3 is 1.61 bits per heavy atom. The van der Waals surface area contributed by atoms with E-state index in [0.29, 0.717) is 11.1 Å². The van der Waals surface area contributed by atoms with Crippen molar-refractivity contribution in [3.8, 4) is 11.5 Å². The SMILES string of the molecule is CC(C)(C)Oc1ccc(C(=O)c2cc(OC(C)(C)C)cc(C(C)(C)C)c2)cc1. The second-order valence-corrected chi connectivity index (χ2v) is 10.3. The van der Waals surface area contributed by atoms with Crippen LogP contribution in [-0.4, -0.2) is 17.0 Å². The predicted octanol–water partition coefficient (Wildman–Crippen LogP) is 6.57. The topological polar surface area (TPSA) is 35.5 Å². The fraction of sp³-hybridized carbons (Fsp3) is 0.480. The molecular formula is C25H34O3. The third kappa shape index (κ3) is 6.40. The van der Waals surface area contributed by atoms with E-state index in [-0.39, 0.29) is 22.4 Å². The van der Waals surface area contributed by atoms with Crippen LogP contribution in [-0.2, 0) is 5.41 Å². The van der Waals surface area contributed by atoms with Gasteiger partial charge in [0.05, 0.1) is 0 Å². The zero-order valence-corrected chi connectivity index (χ0v) is 18.8. The smallest absolute Gasteiger partial charge is 0.193 e. The van der Waals surface area contributed by atoms with Crippen molar-refractivity contribution in [1.29, 1.82) is 0 Å². The van der Waals surface area contributed by atoms with E-state index in [1.54, 1.807) is 0 Å². The third-order valence-corrected chi connectivity index (χ3v) is 4.00. The summed E-state index contributed by atoms with van der Waals surface area (Å²) in [6.07, 6.45) is 0. The minimum absolute atomic E-state index is 0.0211. The fourth-order valence-corrected chi connectivity index (χ4v) is 2.77. The van der Waals surface area contributed by atoms with Gasteiger partial charge in [0, 0.05) is 11.1 Å². The number of hydrogen-bond donors (Lipinski definition) is 0. The first-order valence-corrected chi connectivity index (χ1v) is 9.82. The van der Waals surface area contributed by atoms with Gasteiger partial charge in [-0.25, -0.2) is 0 Å². The summed E-state index contributed by atoms with van der Waals surface area (Å²) >= 11 is 0. The van der Waals surface area contributed by atoms with Crippen molar-refractivity contribution < 1.29 is 14.3 Å². The van der Waals surface area contributed by atoms with Gasteiger partial charge in [0.15, 0.2) is 5.78 Å². The molecule has 0 fully saturated rings. The maximum atomic E-state index is 13.1. The summed E-state index contributed by atoms with van der Waals surface area (Å²) in [5, 5.41) is 0. The zero-order valence-electron chi connectivity index (χ0n) is 18.8. The Hall–Kier alpha value is -2.29. The lowest BCUT2D eigenvalue weighted by Gasteiger charge is -2.25. The number of carbonyl (C=O) groups excluding carboxylic acids is 1. The van der Waals surface area contributed by atoms with E-state index in [9.17, 15) is 4.79 Å². The monoisotopic (exact) mass is 382 g/mol. The summed E-state index contributed by atoms with van der Waals surface area (Å²) in [5.41, 5.74) is 1.65. The summed E-state index contributed by atoms with van der Waals surface area (Å²) < 4.78 is 11.9. The van der Waals surface area contributed by atoms with Gasteiger partial charge in [-0.05, 0) is 95.0 Å². The Kier molecular flexibility index (Phi) is 5.98. The molecule has 0 aromatic heterocycles. The molecule has 0 spiro atoms. The van der Waals surface area contributed by atoms with E-state index in [2.05, 4.69) is 20.8 Å². The molecule has 0 aliphatic rings. The molecule has 3 heteroatoms. The lowest BCUT2D eigenvalue weighted by Crippen LogP contribution is -2.24. The highest BCUT2D eigenvalue weighted by Crippen LogP contribution is 2.30. The molecule has 2 aromatic rings. The minimum atomic E-state index is -0.331. The van der Waals surface area contributed by atoms with E-state index in [1.807, 2.05) is 84.0 Å². The van der Waals surface area contributed by atoms with Crippen molar-refractivity contribution in [2.45, 2.75) is 78.9 Å². The largest absolute Gasteiger partial charge is 0.488 e. The third-order valence-electron chi connectivity index (χ3n) is 4.00. The Morgan fingerprint density at radius 1 is 0.643 bits per heavy atom. The number of hydrogen-bond acceptors (Lipinski definition) is 3. The van der Waals surface area contributed by atoms with Crippen molar-refractivity contribution in [3.63, 3.8) is 0 Å². The van der Waals surface area contributed by atoms with E-state index < -0.39 is 0 Å². The Bertz CT molecular complexity index is 826. The minimum Gasteiger partial charge on any atom is -0.488 e. The van der Waals surface area contributed by atoms with Crippen LogP contribution in [0.4, 0.5) is 0 Å². The molecule has 0 aliphatic heterocycles. The maximum Gasteiger partial charge on any atom is 0.193 e. The van der Waals surface area contributed by atoms with Crippen molar-refractivity contribution in [1.82, 2.24) is 0 Å². The molecule has 3 nitrogen and oxygen atoms in total. The van der Waals surface area contributed by atoms with Crippen LogP contribution in [0, 0.1) is 0 Å². The van der Waals surface area contributed by atoms with Crippen LogP contribution in [0.25, 0.3) is 0 Å². The molecule has 2 rings (SSSR count). The van der Waals surface area contributed by atoms with Gasteiger partial charge in [0.25, 0.3) is 0 Å². The predicted molar refractivity (Wildman–Crippen MR) is 116 cm³/mol. The molecule has 2 aromatic carbocycles. The Labute approximate surface area is 170 Å². The quantitative estimate of drug-likeness (QED) is 0.561. The van der Waals surface area contributed by atoms with Crippen LogP contribution < -0.4 is 9.47 Å². The van der Waals surface area contributed by atoms with Crippen LogP contribution in [0.15, 0.2) is 42.5 Å². The van der Waals surface area contributed by atoms with Gasteiger partial charge in [0.1, 0.15) is 22.7 Å². The molecule has 28 heavy (non-hydrogen) atoms. The second kappa shape index (κ2) is 7.62.